The minimum Gasteiger partial charge on any atom is -0.490 e. The highest BCUT2D eigenvalue weighted by Gasteiger charge is 2.24. The molecular formula is C20H20N4O3. The Labute approximate surface area is 157 Å². The minimum atomic E-state index is -0.0102. The highest BCUT2D eigenvalue weighted by molar-refractivity contribution is 5.95. The van der Waals surface area contributed by atoms with Gasteiger partial charge in [0.25, 0.3) is 5.91 Å². The van der Waals surface area contributed by atoms with Crippen molar-refractivity contribution in [2.75, 3.05) is 44.3 Å². The van der Waals surface area contributed by atoms with Crippen LogP contribution >= 0.6 is 0 Å². The standard InChI is InChI=1S/C20H20N4O3/c21-14-15-4-5-22-19(12-15)23-6-8-24(9-7-23)20(25)16-2-3-17-18(13-16)27-11-1-10-26-17/h2-5,12-13H,1,6-11H2. The summed E-state index contributed by atoms with van der Waals surface area (Å²) in [6, 6.07) is 11.0. The number of hydrogen-bond donors (Lipinski definition) is 0. The van der Waals surface area contributed by atoms with E-state index in [0.717, 1.165) is 12.2 Å². The van der Waals surface area contributed by atoms with Crippen molar-refractivity contribution in [1.29, 1.82) is 5.26 Å². The van der Waals surface area contributed by atoms with Gasteiger partial charge in [0.1, 0.15) is 5.82 Å². The number of ether oxygens (including phenoxy) is 2. The lowest BCUT2D eigenvalue weighted by atomic mass is 10.1. The Morgan fingerprint density at radius 3 is 2.59 bits per heavy atom. The molecular weight excluding hydrogens is 344 g/mol. The summed E-state index contributed by atoms with van der Waals surface area (Å²) in [6.45, 7) is 3.79. The molecule has 27 heavy (non-hydrogen) atoms. The van der Waals surface area contributed by atoms with Gasteiger partial charge < -0.3 is 19.3 Å². The fraction of sp³-hybridized carbons (Fsp3) is 0.350. The number of aromatic nitrogens is 1. The minimum absolute atomic E-state index is 0.0102. The van der Waals surface area contributed by atoms with Crippen molar-refractivity contribution in [3.8, 4) is 17.6 Å². The van der Waals surface area contributed by atoms with Crippen LogP contribution in [-0.2, 0) is 0 Å². The van der Waals surface area contributed by atoms with E-state index in [2.05, 4.69) is 16.0 Å². The molecule has 0 spiro atoms. The molecule has 0 unspecified atom stereocenters. The molecule has 7 nitrogen and oxygen atoms in total. The van der Waals surface area contributed by atoms with Gasteiger partial charge >= 0.3 is 0 Å². The van der Waals surface area contributed by atoms with Crippen molar-refractivity contribution in [2.45, 2.75) is 6.42 Å². The first kappa shape index (κ1) is 17.2. The average molecular weight is 364 g/mol. The number of pyridine rings is 1. The Morgan fingerprint density at radius 2 is 1.81 bits per heavy atom. The molecule has 2 aromatic rings. The van der Waals surface area contributed by atoms with E-state index in [9.17, 15) is 4.79 Å². The van der Waals surface area contributed by atoms with E-state index in [-0.39, 0.29) is 5.91 Å². The van der Waals surface area contributed by atoms with E-state index < -0.39 is 0 Å². The predicted octanol–water partition coefficient (Wildman–Crippen LogP) is 2.08. The van der Waals surface area contributed by atoms with Crippen LogP contribution in [0.2, 0.25) is 0 Å². The number of rotatable bonds is 2. The van der Waals surface area contributed by atoms with Crippen LogP contribution in [0.25, 0.3) is 0 Å². The SMILES string of the molecule is N#Cc1ccnc(N2CCN(C(=O)c3ccc4c(c3)OCCCO4)CC2)c1. The number of piperazine rings is 1. The molecule has 1 aromatic heterocycles. The van der Waals surface area contributed by atoms with Crippen LogP contribution in [0.3, 0.4) is 0 Å². The number of fused-ring (bicyclic) bond motifs is 1. The molecule has 1 amide bonds. The summed E-state index contributed by atoms with van der Waals surface area (Å²) < 4.78 is 11.3. The Bertz CT molecular complexity index is 885. The number of anilines is 1. The fourth-order valence-electron chi connectivity index (χ4n) is 3.28. The van der Waals surface area contributed by atoms with Gasteiger partial charge in [0, 0.05) is 44.4 Å². The first-order valence-electron chi connectivity index (χ1n) is 9.04. The van der Waals surface area contributed by atoms with Crippen LogP contribution in [0.5, 0.6) is 11.5 Å². The third-order valence-electron chi connectivity index (χ3n) is 4.76. The summed E-state index contributed by atoms with van der Waals surface area (Å²) in [5.41, 5.74) is 1.20. The summed E-state index contributed by atoms with van der Waals surface area (Å²) in [4.78, 5) is 21.1. The van der Waals surface area contributed by atoms with Crippen molar-refractivity contribution in [3.63, 3.8) is 0 Å². The van der Waals surface area contributed by atoms with Gasteiger partial charge in [-0.2, -0.15) is 5.26 Å². The zero-order valence-electron chi connectivity index (χ0n) is 14.9. The summed E-state index contributed by atoms with van der Waals surface area (Å²) in [7, 11) is 0. The lowest BCUT2D eigenvalue weighted by molar-refractivity contribution is 0.0746. The molecule has 1 saturated heterocycles. The zero-order chi connectivity index (χ0) is 18.6. The Morgan fingerprint density at radius 1 is 1.04 bits per heavy atom. The number of nitriles is 1. The van der Waals surface area contributed by atoms with Gasteiger partial charge in [0.05, 0.1) is 24.8 Å². The van der Waals surface area contributed by atoms with Gasteiger partial charge in [-0.1, -0.05) is 0 Å². The molecule has 0 atom stereocenters. The first-order chi connectivity index (χ1) is 13.2. The van der Waals surface area contributed by atoms with Gasteiger partial charge in [-0.25, -0.2) is 4.98 Å². The molecule has 7 heteroatoms. The number of benzene rings is 1. The molecule has 0 N–H and O–H groups in total. The van der Waals surface area contributed by atoms with Gasteiger partial charge in [-0.3, -0.25) is 4.79 Å². The molecule has 3 heterocycles. The van der Waals surface area contributed by atoms with Crippen LogP contribution in [0.1, 0.15) is 22.3 Å². The number of amides is 1. The molecule has 0 radical (unpaired) electrons. The van der Waals surface area contributed by atoms with Crippen LogP contribution < -0.4 is 14.4 Å². The van der Waals surface area contributed by atoms with E-state index >= 15 is 0 Å². The maximum Gasteiger partial charge on any atom is 0.254 e. The lowest BCUT2D eigenvalue weighted by Crippen LogP contribution is -2.49. The van der Waals surface area contributed by atoms with Crippen molar-refractivity contribution < 1.29 is 14.3 Å². The first-order valence-corrected chi connectivity index (χ1v) is 9.04. The average Bonchev–Trinajstić information content (AvgIpc) is 2.98. The second kappa shape index (κ2) is 7.54. The molecule has 2 aliphatic rings. The maximum absolute atomic E-state index is 12.9. The third-order valence-corrected chi connectivity index (χ3v) is 4.76. The highest BCUT2D eigenvalue weighted by Crippen LogP contribution is 2.31. The molecule has 2 aliphatic heterocycles. The van der Waals surface area contributed by atoms with Crippen molar-refractivity contribution >= 4 is 11.7 Å². The maximum atomic E-state index is 12.9. The molecule has 4 rings (SSSR count). The zero-order valence-corrected chi connectivity index (χ0v) is 14.9. The van der Waals surface area contributed by atoms with Gasteiger partial charge in [0.2, 0.25) is 0 Å². The molecule has 1 aromatic carbocycles. The summed E-state index contributed by atoms with van der Waals surface area (Å²) in [6.07, 6.45) is 2.48. The molecule has 1 fully saturated rings. The van der Waals surface area contributed by atoms with Crippen LogP contribution in [0.4, 0.5) is 5.82 Å². The topological polar surface area (TPSA) is 78.7 Å². The summed E-state index contributed by atoms with van der Waals surface area (Å²) in [5.74, 6) is 2.09. The van der Waals surface area contributed by atoms with E-state index in [1.165, 1.54) is 0 Å². The monoisotopic (exact) mass is 364 g/mol. The Hall–Kier alpha value is -3.27. The van der Waals surface area contributed by atoms with Crippen molar-refractivity contribution in [1.82, 2.24) is 9.88 Å². The largest absolute Gasteiger partial charge is 0.490 e. The predicted molar refractivity (Wildman–Crippen MR) is 99.1 cm³/mol. The lowest BCUT2D eigenvalue weighted by Gasteiger charge is -2.35. The van der Waals surface area contributed by atoms with Gasteiger partial charge in [0.15, 0.2) is 11.5 Å². The fourth-order valence-corrected chi connectivity index (χ4v) is 3.28. The van der Waals surface area contributed by atoms with Gasteiger partial charge in [-0.15, -0.1) is 0 Å². The van der Waals surface area contributed by atoms with E-state index in [1.54, 1.807) is 36.5 Å². The second-order valence-electron chi connectivity index (χ2n) is 6.51. The van der Waals surface area contributed by atoms with E-state index in [1.807, 2.05) is 4.90 Å². The van der Waals surface area contributed by atoms with E-state index in [4.69, 9.17) is 14.7 Å². The number of hydrogen-bond acceptors (Lipinski definition) is 6. The van der Waals surface area contributed by atoms with Crippen molar-refractivity contribution in [2.24, 2.45) is 0 Å². The summed E-state index contributed by atoms with van der Waals surface area (Å²) >= 11 is 0. The van der Waals surface area contributed by atoms with E-state index in [0.29, 0.717) is 62.0 Å². The molecule has 0 bridgehead atoms. The van der Waals surface area contributed by atoms with Crippen LogP contribution in [0, 0.1) is 11.3 Å². The number of nitrogens with zero attached hydrogens (tertiary/aromatic N) is 4. The molecule has 0 aliphatic carbocycles. The summed E-state index contributed by atoms with van der Waals surface area (Å²) in [5, 5.41) is 9.03. The Kier molecular flexibility index (Phi) is 4.79. The number of carbonyl (C=O) groups excluding carboxylic acids is 1. The molecule has 138 valence electrons. The number of carbonyl (C=O) groups is 1. The van der Waals surface area contributed by atoms with Crippen LogP contribution in [0.15, 0.2) is 36.5 Å². The smallest absolute Gasteiger partial charge is 0.254 e. The quantitative estimate of drug-likeness (QED) is 0.812. The van der Waals surface area contributed by atoms with Crippen LogP contribution in [-0.4, -0.2) is 55.2 Å². The second-order valence-corrected chi connectivity index (χ2v) is 6.51. The Balaban J connectivity index is 1.43. The normalized spacial score (nSPS) is 16.4. The molecule has 0 saturated carbocycles. The van der Waals surface area contributed by atoms with Crippen molar-refractivity contribution in [3.05, 3.63) is 47.7 Å². The highest BCUT2D eigenvalue weighted by atomic mass is 16.5. The van der Waals surface area contributed by atoms with Gasteiger partial charge in [-0.05, 0) is 30.3 Å². The third kappa shape index (κ3) is 3.65.